The van der Waals surface area contributed by atoms with Gasteiger partial charge >= 0.3 is 11.8 Å². The summed E-state index contributed by atoms with van der Waals surface area (Å²) in [5, 5.41) is 29.7. The van der Waals surface area contributed by atoms with Crippen LogP contribution in [0.1, 0.15) is 26.3 Å². The molecule has 0 saturated carbocycles. The van der Waals surface area contributed by atoms with Crippen molar-refractivity contribution in [2.75, 3.05) is 31.1 Å². The Morgan fingerprint density at radius 2 is 2.23 bits per heavy atom. The normalized spacial score (nSPS) is 17.6. The van der Waals surface area contributed by atoms with E-state index in [9.17, 15) is 20.0 Å². The molecule has 1 N–H and O–H groups in total. The van der Waals surface area contributed by atoms with Gasteiger partial charge in [-0.05, 0) is 20.8 Å². The monoisotopic (exact) mass is 363 g/mol. The minimum atomic E-state index is -0.660. The first kappa shape index (κ1) is 19.4. The zero-order valence-corrected chi connectivity index (χ0v) is 14.9. The van der Waals surface area contributed by atoms with Crippen LogP contribution in [-0.4, -0.2) is 63.9 Å². The van der Waals surface area contributed by atoms with Gasteiger partial charge in [-0.2, -0.15) is 5.26 Å². The SMILES string of the molecule is CC(C)(C)OC(=O)N1CCN(c2cc(C#N)c([N+](=O)[O-])cn2)C[C@@H]1CO. The van der Waals surface area contributed by atoms with Gasteiger partial charge < -0.3 is 14.7 Å². The van der Waals surface area contributed by atoms with Crippen LogP contribution in [0.25, 0.3) is 0 Å². The van der Waals surface area contributed by atoms with Crippen molar-refractivity contribution in [1.29, 1.82) is 5.26 Å². The third-order valence-electron chi connectivity index (χ3n) is 3.83. The average Bonchev–Trinajstić information content (AvgIpc) is 2.58. The second kappa shape index (κ2) is 7.53. The standard InChI is InChI=1S/C16H21N5O5/c1-16(2,3)26-15(23)20-5-4-19(9-12(20)10-22)14-6-11(7-17)13(8-18-14)21(24)25/h6,8,12,22H,4-5,9-10H2,1-3H3/t12-/m1/s1. The van der Waals surface area contributed by atoms with Crippen molar-refractivity contribution in [3.63, 3.8) is 0 Å². The number of aliphatic hydroxyl groups excluding tert-OH is 1. The summed E-state index contributed by atoms with van der Waals surface area (Å²) in [6, 6.07) is 2.62. The summed E-state index contributed by atoms with van der Waals surface area (Å²) in [6.07, 6.45) is 0.535. The lowest BCUT2D eigenvalue weighted by Crippen LogP contribution is -2.57. The zero-order chi connectivity index (χ0) is 19.5. The molecule has 0 bridgehead atoms. The number of nitro groups is 1. The topological polar surface area (TPSA) is 133 Å². The number of nitrogens with zero attached hydrogens (tertiary/aromatic N) is 5. The Bertz CT molecular complexity index is 740. The van der Waals surface area contributed by atoms with E-state index >= 15 is 0 Å². The van der Waals surface area contributed by atoms with Gasteiger partial charge in [-0.3, -0.25) is 15.0 Å². The number of rotatable bonds is 3. The summed E-state index contributed by atoms with van der Waals surface area (Å²) in [7, 11) is 0. The van der Waals surface area contributed by atoms with Crippen molar-refractivity contribution in [2.45, 2.75) is 32.4 Å². The van der Waals surface area contributed by atoms with E-state index in [1.54, 1.807) is 31.7 Å². The maximum atomic E-state index is 12.3. The average molecular weight is 363 g/mol. The highest BCUT2D eigenvalue weighted by Gasteiger charge is 2.33. The lowest BCUT2D eigenvalue weighted by Gasteiger charge is -2.41. The number of hydrogen-bond acceptors (Lipinski definition) is 8. The number of carbonyl (C=O) groups is 1. The molecule has 2 heterocycles. The molecule has 1 aromatic heterocycles. The van der Waals surface area contributed by atoms with Gasteiger partial charge in [0.2, 0.25) is 0 Å². The van der Waals surface area contributed by atoms with Crippen molar-refractivity contribution in [3.8, 4) is 6.07 Å². The van der Waals surface area contributed by atoms with Crippen LogP contribution in [-0.2, 0) is 4.74 Å². The number of amides is 1. The highest BCUT2D eigenvalue weighted by molar-refractivity contribution is 5.69. The number of piperazine rings is 1. The Morgan fingerprint density at radius 1 is 1.54 bits per heavy atom. The third kappa shape index (κ3) is 4.37. The highest BCUT2D eigenvalue weighted by Crippen LogP contribution is 2.24. The molecule has 0 radical (unpaired) electrons. The van der Waals surface area contributed by atoms with Crippen LogP contribution in [0.5, 0.6) is 0 Å². The lowest BCUT2D eigenvalue weighted by molar-refractivity contribution is -0.385. The fraction of sp³-hybridized carbons (Fsp3) is 0.562. The molecule has 1 aliphatic heterocycles. The summed E-state index contributed by atoms with van der Waals surface area (Å²) >= 11 is 0. The molecular formula is C16H21N5O5. The van der Waals surface area contributed by atoms with E-state index in [2.05, 4.69) is 4.98 Å². The summed E-state index contributed by atoms with van der Waals surface area (Å²) in [5.74, 6) is 0.384. The van der Waals surface area contributed by atoms with Crippen LogP contribution in [0.3, 0.4) is 0 Å². The van der Waals surface area contributed by atoms with Crippen molar-refractivity contribution in [1.82, 2.24) is 9.88 Å². The van der Waals surface area contributed by atoms with E-state index in [1.807, 2.05) is 0 Å². The number of anilines is 1. The molecule has 1 amide bonds. The molecule has 0 spiro atoms. The molecule has 2 rings (SSSR count). The molecule has 1 aromatic rings. The van der Waals surface area contributed by atoms with E-state index < -0.39 is 22.7 Å². The number of ether oxygens (including phenoxy) is 1. The summed E-state index contributed by atoms with van der Waals surface area (Å²) in [6.45, 7) is 5.98. The lowest BCUT2D eigenvalue weighted by atomic mass is 10.1. The van der Waals surface area contributed by atoms with Gasteiger partial charge in [-0.1, -0.05) is 0 Å². The fourth-order valence-electron chi connectivity index (χ4n) is 2.63. The minimum absolute atomic E-state index is 0.0879. The molecule has 10 nitrogen and oxygen atoms in total. The van der Waals surface area contributed by atoms with Crippen LogP contribution in [0, 0.1) is 21.4 Å². The molecular weight excluding hydrogens is 342 g/mol. The number of nitriles is 1. The van der Waals surface area contributed by atoms with Crippen LogP contribution in [0.2, 0.25) is 0 Å². The summed E-state index contributed by atoms with van der Waals surface area (Å²) in [4.78, 5) is 29.8. The Kier molecular flexibility index (Phi) is 5.62. The molecule has 0 unspecified atom stereocenters. The molecule has 140 valence electrons. The number of aromatic nitrogens is 1. The largest absolute Gasteiger partial charge is 0.444 e. The maximum absolute atomic E-state index is 12.3. The second-order valence-corrected chi connectivity index (χ2v) is 6.88. The number of aliphatic hydroxyl groups is 1. The summed E-state index contributed by atoms with van der Waals surface area (Å²) in [5.41, 5.74) is -1.09. The van der Waals surface area contributed by atoms with Crippen molar-refractivity contribution in [3.05, 3.63) is 27.9 Å². The summed E-state index contributed by atoms with van der Waals surface area (Å²) < 4.78 is 5.35. The molecule has 0 aromatic carbocycles. The van der Waals surface area contributed by atoms with E-state index in [-0.39, 0.29) is 24.4 Å². The fourth-order valence-corrected chi connectivity index (χ4v) is 2.63. The quantitative estimate of drug-likeness (QED) is 0.627. The van der Waals surface area contributed by atoms with Crippen molar-refractivity contribution in [2.24, 2.45) is 0 Å². The second-order valence-electron chi connectivity index (χ2n) is 6.88. The first-order chi connectivity index (χ1) is 12.2. The third-order valence-corrected chi connectivity index (χ3v) is 3.83. The molecule has 0 aliphatic carbocycles. The Hall–Kier alpha value is -2.93. The van der Waals surface area contributed by atoms with Crippen molar-refractivity contribution < 1.29 is 19.6 Å². The highest BCUT2D eigenvalue weighted by atomic mass is 16.6. The van der Waals surface area contributed by atoms with E-state index in [0.717, 1.165) is 6.20 Å². The zero-order valence-electron chi connectivity index (χ0n) is 14.9. The molecule has 1 aliphatic rings. The van der Waals surface area contributed by atoms with Crippen LogP contribution in [0.15, 0.2) is 12.3 Å². The number of hydrogen-bond donors (Lipinski definition) is 1. The van der Waals surface area contributed by atoms with Gasteiger partial charge in [-0.15, -0.1) is 0 Å². The molecule has 26 heavy (non-hydrogen) atoms. The molecule has 10 heteroatoms. The molecule has 1 fully saturated rings. The van der Waals surface area contributed by atoms with Crippen LogP contribution in [0.4, 0.5) is 16.3 Å². The van der Waals surface area contributed by atoms with Gasteiger partial charge in [-0.25, -0.2) is 9.78 Å². The Balaban J connectivity index is 2.17. The maximum Gasteiger partial charge on any atom is 0.410 e. The first-order valence-corrected chi connectivity index (χ1v) is 8.06. The van der Waals surface area contributed by atoms with Gasteiger partial charge in [0, 0.05) is 25.7 Å². The van der Waals surface area contributed by atoms with Gasteiger partial charge in [0.1, 0.15) is 29.2 Å². The molecule has 1 saturated heterocycles. The predicted molar refractivity (Wildman–Crippen MR) is 91.6 cm³/mol. The predicted octanol–water partition coefficient (Wildman–Crippen LogP) is 1.28. The smallest absolute Gasteiger partial charge is 0.410 e. The van der Waals surface area contributed by atoms with Gasteiger partial charge in [0.15, 0.2) is 0 Å². The minimum Gasteiger partial charge on any atom is -0.444 e. The number of carbonyl (C=O) groups excluding carboxylic acids is 1. The van der Waals surface area contributed by atoms with Crippen molar-refractivity contribution >= 4 is 17.6 Å². The van der Waals surface area contributed by atoms with Crippen LogP contribution >= 0.6 is 0 Å². The van der Waals surface area contributed by atoms with Gasteiger partial charge in [0.05, 0.1) is 17.6 Å². The van der Waals surface area contributed by atoms with E-state index in [1.165, 1.54) is 11.0 Å². The Morgan fingerprint density at radius 3 is 2.77 bits per heavy atom. The first-order valence-electron chi connectivity index (χ1n) is 8.06. The Labute approximate surface area is 150 Å². The van der Waals surface area contributed by atoms with Gasteiger partial charge in [0.25, 0.3) is 0 Å². The number of pyridine rings is 1. The van der Waals surface area contributed by atoms with E-state index in [4.69, 9.17) is 10.00 Å². The molecule has 1 atom stereocenters. The van der Waals surface area contributed by atoms with E-state index in [0.29, 0.717) is 18.9 Å². The van der Waals surface area contributed by atoms with Crippen LogP contribution < -0.4 is 4.90 Å².